The molecule has 2 aromatic carbocycles. The molecule has 2 amide bonds. The molecule has 0 atom stereocenters. The number of rotatable bonds is 15. The largest absolute Gasteiger partial charge is 0.483 e. The molecular formula is C32H46Br2N2O4. The molecule has 6 nitrogen and oxygen atoms in total. The lowest BCUT2D eigenvalue weighted by molar-refractivity contribution is -0.123. The van der Waals surface area contributed by atoms with Crippen molar-refractivity contribution in [2.75, 3.05) is 26.3 Å². The maximum absolute atomic E-state index is 12.1. The SMILES string of the molecule is CC(C)(C)c1ccc(OCC(=O)NCCCCCCCCNC(=O)COc2ccc(C(C)(C)C)cc2Br)c(Br)c1. The van der Waals surface area contributed by atoms with Crippen LogP contribution in [-0.4, -0.2) is 38.1 Å². The van der Waals surface area contributed by atoms with Gasteiger partial charge in [-0.3, -0.25) is 9.59 Å². The first-order valence-electron chi connectivity index (χ1n) is 14.2. The molecule has 0 aliphatic heterocycles. The van der Waals surface area contributed by atoms with Crippen LogP contribution >= 0.6 is 31.9 Å². The second-order valence-electron chi connectivity index (χ2n) is 12.2. The summed E-state index contributed by atoms with van der Waals surface area (Å²) < 4.78 is 13.1. The van der Waals surface area contributed by atoms with E-state index >= 15 is 0 Å². The van der Waals surface area contributed by atoms with E-state index in [0.29, 0.717) is 24.6 Å². The van der Waals surface area contributed by atoms with E-state index < -0.39 is 0 Å². The van der Waals surface area contributed by atoms with E-state index in [1.807, 2.05) is 36.4 Å². The molecule has 2 rings (SSSR count). The number of carbonyl (C=O) groups excluding carboxylic acids is 2. The predicted octanol–water partition coefficient (Wildman–Crippen LogP) is 7.84. The molecule has 0 unspecified atom stereocenters. The number of nitrogens with one attached hydrogen (secondary N) is 2. The number of unbranched alkanes of at least 4 members (excludes halogenated alkanes) is 5. The van der Waals surface area contributed by atoms with Gasteiger partial charge in [-0.25, -0.2) is 0 Å². The van der Waals surface area contributed by atoms with Crippen molar-refractivity contribution >= 4 is 43.7 Å². The zero-order valence-corrected chi connectivity index (χ0v) is 28.1. The average molecular weight is 683 g/mol. The number of hydrogen-bond donors (Lipinski definition) is 2. The van der Waals surface area contributed by atoms with Gasteiger partial charge in [0.1, 0.15) is 11.5 Å². The van der Waals surface area contributed by atoms with E-state index in [0.717, 1.165) is 47.5 Å². The smallest absolute Gasteiger partial charge is 0.257 e. The van der Waals surface area contributed by atoms with E-state index in [1.54, 1.807) is 0 Å². The fourth-order valence-corrected chi connectivity index (χ4v) is 4.96. The summed E-state index contributed by atoms with van der Waals surface area (Å²) in [6, 6.07) is 12.0. The molecule has 0 bridgehead atoms. The third kappa shape index (κ3) is 12.6. The molecule has 0 heterocycles. The number of hydrogen-bond acceptors (Lipinski definition) is 4. The van der Waals surface area contributed by atoms with Crippen LogP contribution in [0.5, 0.6) is 11.5 Å². The van der Waals surface area contributed by atoms with Crippen molar-refractivity contribution in [2.45, 2.75) is 90.9 Å². The minimum atomic E-state index is -0.110. The molecule has 0 saturated heterocycles. The minimum absolute atomic E-state index is 0.00494. The monoisotopic (exact) mass is 680 g/mol. The standard InChI is InChI=1S/C32H46Br2N2O4/c1-31(2,3)23-13-15-27(25(33)19-23)39-21-29(37)35-17-11-9-7-8-10-12-18-36-30(38)22-40-28-16-14-24(20-26(28)34)32(4,5)6/h13-16,19-20H,7-12,17-18,21-22H2,1-6H3,(H,35,37)(H,36,38). The van der Waals surface area contributed by atoms with Crippen LogP contribution in [0.25, 0.3) is 0 Å². The van der Waals surface area contributed by atoms with Crippen molar-refractivity contribution < 1.29 is 19.1 Å². The van der Waals surface area contributed by atoms with Crippen molar-refractivity contribution in [3.63, 3.8) is 0 Å². The number of ether oxygens (including phenoxy) is 2. The van der Waals surface area contributed by atoms with Gasteiger partial charge in [0.15, 0.2) is 13.2 Å². The Kier molecular flexibility index (Phi) is 14.0. The Balaban J connectivity index is 1.47. The summed E-state index contributed by atoms with van der Waals surface area (Å²) in [7, 11) is 0. The highest BCUT2D eigenvalue weighted by molar-refractivity contribution is 9.10. The summed E-state index contributed by atoms with van der Waals surface area (Å²) in [5, 5.41) is 5.85. The van der Waals surface area contributed by atoms with E-state index in [4.69, 9.17) is 9.47 Å². The lowest BCUT2D eigenvalue weighted by Gasteiger charge is -2.20. The molecule has 0 saturated carbocycles. The van der Waals surface area contributed by atoms with Crippen LogP contribution in [0, 0.1) is 0 Å². The van der Waals surface area contributed by atoms with Crippen molar-refractivity contribution in [2.24, 2.45) is 0 Å². The maximum atomic E-state index is 12.1. The number of amides is 2. The molecule has 2 aromatic rings. The van der Waals surface area contributed by atoms with Crippen LogP contribution in [0.4, 0.5) is 0 Å². The molecular weight excluding hydrogens is 636 g/mol. The third-order valence-corrected chi connectivity index (χ3v) is 7.80. The molecule has 0 radical (unpaired) electrons. The second kappa shape index (κ2) is 16.4. The summed E-state index contributed by atoms with van der Waals surface area (Å²) in [6.45, 7) is 14.3. The first kappa shape index (κ1) is 34.1. The highest BCUT2D eigenvalue weighted by Crippen LogP contribution is 2.32. The second-order valence-corrected chi connectivity index (χ2v) is 13.9. The highest BCUT2D eigenvalue weighted by atomic mass is 79.9. The van der Waals surface area contributed by atoms with Crippen LogP contribution in [0.15, 0.2) is 45.3 Å². The fraction of sp³-hybridized carbons (Fsp3) is 0.562. The molecule has 8 heteroatoms. The molecule has 0 aliphatic rings. The van der Waals surface area contributed by atoms with Gasteiger partial charge in [-0.05, 0) is 90.9 Å². The van der Waals surface area contributed by atoms with Crippen LogP contribution in [0.1, 0.15) is 91.2 Å². The average Bonchev–Trinajstić information content (AvgIpc) is 2.87. The normalized spacial score (nSPS) is 11.7. The molecule has 2 N–H and O–H groups in total. The zero-order valence-electron chi connectivity index (χ0n) is 24.9. The Morgan fingerprint density at radius 1 is 0.625 bits per heavy atom. The minimum Gasteiger partial charge on any atom is -0.483 e. The maximum Gasteiger partial charge on any atom is 0.257 e. The Morgan fingerprint density at radius 3 is 1.30 bits per heavy atom. The van der Waals surface area contributed by atoms with E-state index in [9.17, 15) is 9.59 Å². The Morgan fingerprint density at radius 2 is 0.975 bits per heavy atom. The third-order valence-electron chi connectivity index (χ3n) is 6.56. The van der Waals surface area contributed by atoms with Gasteiger partial charge in [0.2, 0.25) is 0 Å². The van der Waals surface area contributed by atoms with E-state index in [2.05, 4.69) is 84.0 Å². The molecule has 222 valence electrons. The van der Waals surface area contributed by atoms with E-state index in [-0.39, 0.29) is 35.9 Å². The number of benzene rings is 2. The van der Waals surface area contributed by atoms with Crippen LogP contribution in [0.2, 0.25) is 0 Å². The molecule has 40 heavy (non-hydrogen) atoms. The Hall–Kier alpha value is -2.06. The zero-order chi connectivity index (χ0) is 29.8. The van der Waals surface area contributed by atoms with Crippen molar-refractivity contribution in [1.82, 2.24) is 10.6 Å². The summed E-state index contributed by atoms with van der Waals surface area (Å²) in [5.74, 6) is 1.12. The van der Waals surface area contributed by atoms with Crippen molar-refractivity contribution in [1.29, 1.82) is 0 Å². The first-order valence-corrected chi connectivity index (χ1v) is 15.7. The molecule has 0 spiro atoms. The summed E-state index contributed by atoms with van der Waals surface area (Å²) in [5.41, 5.74) is 2.53. The van der Waals surface area contributed by atoms with Crippen molar-refractivity contribution in [3.8, 4) is 11.5 Å². The molecule has 0 fully saturated rings. The summed E-state index contributed by atoms with van der Waals surface area (Å²) in [4.78, 5) is 24.2. The quantitative estimate of drug-likeness (QED) is 0.188. The van der Waals surface area contributed by atoms with Crippen LogP contribution in [0.3, 0.4) is 0 Å². The lowest BCUT2D eigenvalue weighted by Crippen LogP contribution is -2.29. The number of halogens is 2. The highest BCUT2D eigenvalue weighted by Gasteiger charge is 2.17. The Labute approximate surface area is 257 Å². The molecule has 0 aliphatic carbocycles. The van der Waals surface area contributed by atoms with E-state index in [1.165, 1.54) is 11.1 Å². The van der Waals surface area contributed by atoms with Gasteiger partial charge < -0.3 is 20.1 Å². The van der Waals surface area contributed by atoms with Gasteiger partial charge in [-0.15, -0.1) is 0 Å². The topological polar surface area (TPSA) is 76.7 Å². The van der Waals surface area contributed by atoms with Gasteiger partial charge >= 0.3 is 0 Å². The van der Waals surface area contributed by atoms with Gasteiger partial charge in [-0.2, -0.15) is 0 Å². The predicted molar refractivity (Wildman–Crippen MR) is 170 cm³/mol. The van der Waals surface area contributed by atoms with Crippen LogP contribution < -0.4 is 20.1 Å². The van der Waals surface area contributed by atoms with Gasteiger partial charge in [0.25, 0.3) is 11.8 Å². The fourth-order valence-electron chi connectivity index (χ4n) is 3.97. The van der Waals surface area contributed by atoms with Gasteiger partial charge in [-0.1, -0.05) is 79.4 Å². The summed E-state index contributed by atoms with van der Waals surface area (Å²) in [6.07, 6.45) is 6.21. The first-order chi connectivity index (χ1) is 18.8. The lowest BCUT2D eigenvalue weighted by atomic mass is 9.87. The van der Waals surface area contributed by atoms with Crippen LogP contribution in [-0.2, 0) is 20.4 Å². The number of carbonyl (C=O) groups is 2. The van der Waals surface area contributed by atoms with Gasteiger partial charge in [0, 0.05) is 13.1 Å². The van der Waals surface area contributed by atoms with Crippen molar-refractivity contribution in [3.05, 3.63) is 56.5 Å². The Bertz CT molecular complexity index is 1020. The summed E-state index contributed by atoms with van der Waals surface area (Å²) >= 11 is 7.08. The van der Waals surface area contributed by atoms with Gasteiger partial charge in [0.05, 0.1) is 8.95 Å². The molecule has 0 aromatic heterocycles.